The third-order valence-corrected chi connectivity index (χ3v) is 3.94. The van der Waals surface area contributed by atoms with Gasteiger partial charge in [0, 0.05) is 11.3 Å². The van der Waals surface area contributed by atoms with Crippen molar-refractivity contribution in [2.24, 2.45) is 0 Å². The Balaban J connectivity index is 2.07. The number of ether oxygens (including phenoxy) is 1. The fraction of sp³-hybridized carbons (Fsp3) is 0.143. The Morgan fingerprint density at radius 1 is 1.00 bits per heavy atom. The first-order valence-corrected chi connectivity index (χ1v) is 8.17. The molecule has 3 aromatic rings. The van der Waals surface area contributed by atoms with E-state index in [2.05, 4.69) is 4.98 Å². The van der Waals surface area contributed by atoms with Crippen molar-refractivity contribution in [1.29, 1.82) is 0 Å². The molecular weight excluding hydrogens is 314 g/mol. The van der Waals surface area contributed by atoms with Crippen molar-refractivity contribution in [3.8, 4) is 11.3 Å². The first-order valence-electron chi connectivity index (χ1n) is 8.17. The van der Waals surface area contributed by atoms with Gasteiger partial charge in [0.1, 0.15) is 5.69 Å². The number of hydrogen-bond donors (Lipinski definition) is 1. The van der Waals surface area contributed by atoms with Gasteiger partial charge in [0.25, 0.3) is 0 Å². The molecule has 1 N–H and O–H groups in total. The average molecular weight is 333 g/mol. The summed E-state index contributed by atoms with van der Waals surface area (Å²) >= 11 is 0. The molecule has 0 amide bonds. The van der Waals surface area contributed by atoms with E-state index in [0.29, 0.717) is 11.3 Å². The molecule has 0 spiro atoms. The third kappa shape index (κ3) is 3.53. The van der Waals surface area contributed by atoms with Crippen molar-refractivity contribution >= 4 is 11.8 Å². The summed E-state index contributed by atoms with van der Waals surface area (Å²) in [7, 11) is 0. The van der Waals surface area contributed by atoms with Crippen LogP contribution < -0.4 is 0 Å². The highest BCUT2D eigenvalue weighted by molar-refractivity contribution is 6.14. The quantitative estimate of drug-likeness (QED) is 0.556. The van der Waals surface area contributed by atoms with E-state index in [9.17, 15) is 9.59 Å². The van der Waals surface area contributed by atoms with E-state index in [1.165, 1.54) is 0 Å². The van der Waals surface area contributed by atoms with E-state index in [-0.39, 0.29) is 23.6 Å². The summed E-state index contributed by atoms with van der Waals surface area (Å²) in [5, 5.41) is 0. The van der Waals surface area contributed by atoms with Gasteiger partial charge in [0.2, 0.25) is 5.78 Å². The van der Waals surface area contributed by atoms with E-state index in [1.807, 2.05) is 37.3 Å². The molecule has 1 aromatic heterocycles. The lowest BCUT2D eigenvalue weighted by molar-refractivity contribution is 0.0523. The van der Waals surface area contributed by atoms with Crippen LogP contribution in [0.25, 0.3) is 11.3 Å². The number of rotatable bonds is 5. The molecule has 0 radical (unpaired) electrons. The fourth-order valence-electron chi connectivity index (χ4n) is 2.63. The van der Waals surface area contributed by atoms with E-state index >= 15 is 0 Å². The molecule has 0 fully saturated rings. The summed E-state index contributed by atoms with van der Waals surface area (Å²) in [6.45, 7) is 4.00. The first kappa shape index (κ1) is 16.7. The van der Waals surface area contributed by atoms with Crippen LogP contribution >= 0.6 is 0 Å². The molecule has 126 valence electrons. The number of hydrogen-bond acceptors (Lipinski definition) is 3. The monoisotopic (exact) mass is 333 g/mol. The lowest BCUT2D eigenvalue weighted by Gasteiger charge is -2.03. The Morgan fingerprint density at radius 2 is 1.68 bits per heavy atom. The van der Waals surface area contributed by atoms with Gasteiger partial charge in [-0.25, -0.2) is 4.79 Å². The molecule has 0 bridgehead atoms. The standard InChI is InChI=1S/C21H19NO3/c1-3-25-21(24)17-13-18(15-11-9-14(2)10-12-15)22-19(17)20(23)16-7-5-4-6-8-16/h4-13,22H,3H2,1-2H3. The van der Waals surface area contributed by atoms with Gasteiger partial charge in [-0.15, -0.1) is 0 Å². The zero-order valence-corrected chi connectivity index (χ0v) is 14.2. The number of esters is 1. The number of nitrogens with one attached hydrogen (secondary N) is 1. The number of aryl methyl sites for hydroxylation is 1. The zero-order chi connectivity index (χ0) is 17.8. The van der Waals surface area contributed by atoms with Crippen LogP contribution in [-0.4, -0.2) is 23.3 Å². The summed E-state index contributed by atoms with van der Waals surface area (Å²) in [5.41, 5.74) is 3.78. The van der Waals surface area contributed by atoms with E-state index in [4.69, 9.17) is 4.74 Å². The van der Waals surface area contributed by atoms with Crippen molar-refractivity contribution in [3.63, 3.8) is 0 Å². The molecule has 2 aromatic carbocycles. The Labute approximate surface area is 146 Å². The Bertz CT molecular complexity index is 893. The van der Waals surface area contributed by atoms with Crippen LogP contribution in [0.4, 0.5) is 0 Å². The number of aromatic amines is 1. The summed E-state index contributed by atoms with van der Waals surface area (Å²) in [6, 6.07) is 18.4. The van der Waals surface area contributed by atoms with Gasteiger partial charge in [-0.3, -0.25) is 4.79 Å². The summed E-state index contributed by atoms with van der Waals surface area (Å²) < 4.78 is 5.11. The molecule has 25 heavy (non-hydrogen) atoms. The van der Waals surface area contributed by atoms with Gasteiger partial charge in [0.05, 0.1) is 12.2 Å². The molecule has 0 aliphatic heterocycles. The van der Waals surface area contributed by atoms with Gasteiger partial charge in [0.15, 0.2) is 0 Å². The molecule has 0 saturated carbocycles. The van der Waals surface area contributed by atoms with E-state index in [0.717, 1.165) is 11.1 Å². The maximum absolute atomic E-state index is 12.8. The molecule has 4 nitrogen and oxygen atoms in total. The Kier molecular flexibility index (Phi) is 4.80. The van der Waals surface area contributed by atoms with E-state index in [1.54, 1.807) is 37.3 Å². The Hall–Kier alpha value is -3.14. The maximum atomic E-state index is 12.8. The van der Waals surface area contributed by atoms with Crippen molar-refractivity contribution in [3.05, 3.63) is 83.0 Å². The number of ketones is 1. The zero-order valence-electron chi connectivity index (χ0n) is 14.2. The normalized spacial score (nSPS) is 10.5. The fourth-order valence-corrected chi connectivity index (χ4v) is 2.63. The topological polar surface area (TPSA) is 59.2 Å². The summed E-state index contributed by atoms with van der Waals surface area (Å²) in [4.78, 5) is 28.2. The molecule has 0 unspecified atom stereocenters. The van der Waals surface area contributed by atoms with Gasteiger partial charge in [-0.1, -0.05) is 60.2 Å². The largest absolute Gasteiger partial charge is 0.462 e. The highest BCUT2D eigenvalue weighted by atomic mass is 16.5. The van der Waals surface area contributed by atoms with Gasteiger partial charge in [-0.2, -0.15) is 0 Å². The Morgan fingerprint density at radius 3 is 2.32 bits per heavy atom. The predicted molar refractivity (Wildman–Crippen MR) is 96.8 cm³/mol. The molecule has 3 rings (SSSR count). The molecule has 1 heterocycles. The smallest absolute Gasteiger partial charge is 0.340 e. The second-order valence-corrected chi connectivity index (χ2v) is 5.75. The summed E-state index contributed by atoms with van der Waals surface area (Å²) in [5.74, 6) is -0.738. The van der Waals surface area contributed by atoms with Gasteiger partial charge >= 0.3 is 5.97 Å². The van der Waals surface area contributed by atoms with Gasteiger partial charge in [-0.05, 0) is 25.5 Å². The third-order valence-electron chi connectivity index (χ3n) is 3.94. The molecule has 0 aliphatic carbocycles. The molecular formula is C21H19NO3. The first-order chi connectivity index (χ1) is 12.1. The van der Waals surface area contributed by atoms with Crippen molar-refractivity contribution in [2.45, 2.75) is 13.8 Å². The minimum Gasteiger partial charge on any atom is -0.462 e. The lowest BCUT2D eigenvalue weighted by Crippen LogP contribution is -2.11. The minimum atomic E-state index is -0.503. The number of carbonyl (C=O) groups is 2. The van der Waals surface area contributed by atoms with Crippen molar-refractivity contribution in [2.75, 3.05) is 6.61 Å². The molecule has 0 atom stereocenters. The van der Waals surface area contributed by atoms with Crippen molar-refractivity contribution < 1.29 is 14.3 Å². The van der Waals surface area contributed by atoms with Crippen LogP contribution in [0.3, 0.4) is 0 Å². The van der Waals surface area contributed by atoms with Crippen LogP contribution in [0, 0.1) is 6.92 Å². The van der Waals surface area contributed by atoms with Crippen LogP contribution in [-0.2, 0) is 4.74 Å². The van der Waals surface area contributed by atoms with Crippen LogP contribution in [0.2, 0.25) is 0 Å². The number of benzene rings is 2. The van der Waals surface area contributed by atoms with Gasteiger partial charge < -0.3 is 9.72 Å². The second-order valence-electron chi connectivity index (χ2n) is 5.75. The second kappa shape index (κ2) is 7.18. The highest BCUT2D eigenvalue weighted by Gasteiger charge is 2.23. The molecule has 4 heteroatoms. The van der Waals surface area contributed by atoms with Crippen LogP contribution in [0.15, 0.2) is 60.7 Å². The summed E-state index contributed by atoms with van der Waals surface area (Å²) in [6.07, 6.45) is 0. The number of H-pyrrole nitrogens is 1. The number of carbonyl (C=O) groups excluding carboxylic acids is 2. The van der Waals surface area contributed by atoms with E-state index < -0.39 is 5.97 Å². The SMILES string of the molecule is CCOC(=O)c1cc(-c2ccc(C)cc2)[nH]c1C(=O)c1ccccc1. The minimum absolute atomic E-state index is 0.234. The maximum Gasteiger partial charge on any atom is 0.340 e. The predicted octanol–water partition coefficient (Wildman–Crippen LogP) is 4.40. The van der Waals surface area contributed by atoms with Crippen LogP contribution in [0.1, 0.15) is 38.9 Å². The molecule has 0 aliphatic rings. The lowest BCUT2D eigenvalue weighted by atomic mass is 10.1. The number of aromatic nitrogens is 1. The molecule has 0 saturated heterocycles. The average Bonchev–Trinajstić information content (AvgIpc) is 3.08. The van der Waals surface area contributed by atoms with Crippen LogP contribution in [0.5, 0.6) is 0 Å². The van der Waals surface area contributed by atoms with Crippen molar-refractivity contribution in [1.82, 2.24) is 4.98 Å². The highest BCUT2D eigenvalue weighted by Crippen LogP contribution is 2.25.